The van der Waals surface area contributed by atoms with Gasteiger partial charge in [0.05, 0.1) is 175 Å². The number of benzene rings is 7. The van der Waals surface area contributed by atoms with Crippen molar-refractivity contribution in [2.75, 3.05) is 130 Å². The summed E-state index contributed by atoms with van der Waals surface area (Å²) in [4.78, 5) is 40.2. The van der Waals surface area contributed by atoms with Gasteiger partial charge in [0.2, 0.25) is 0 Å². The van der Waals surface area contributed by atoms with E-state index >= 15 is 0 Å². The summed E-state index contributed by atoms with van der Waals surface area (Å²) in [7, 11) is 15.6. The highest BCUT2D eigenvalue weighted by Gasteiger charge is 2.48. The minimum absolute atomic E-state index is 0.00633. The van der Waals surface area contributed by atoms with E-state index in [2.05, 4.69) is 115 Å². The maximum atomic E-state index is 11.2. The number of rotatable bonds is 26. The van der Waals surface area contributed by atoms with E-state index in [9.17, 15) is 10.4 Å². The summed E-state index contributed by atoms with van der Waals surface area (Å²) in [5.74, 6) is 4.71. The van der Waals surface area contributed by atoms with Gasteiger partial charge in [-0.1, -0.05) is 30.3 Å². The highest BCUT2D eigenvalue weighted by Crippen LogP contribution is 2.42. The number of hydrogen-bond donors (Lipinski definition) is 1. The Morgan fingerprint density at radius 1 is 0.513 bits per heavy atom. The number of anilines is 6. The smallest absolute Gasteiger partial charge is 0.124 e. The summed E-state index contributed by atoms with van der Waals surface area (Å²) in [6.07, 6.45) is 19.3. The third-order valence-corrected chi connectivity index (χ3v) is 21.6. The molecule has 27 heteroatoms. The number of methoxy groups -OCH3 is 6. The summed E-state index contributed by atoms with van der Waals surface area (Å²) in [5, 5.41) is 33.3. The fourth-order valence-electron chi connectivity index (χ4n) is 15.6. The first-order valence-corrected chi connectivity index (χ1v) is 38.6. The molecular formula is C88H96N18O9. The highest BCUT2D eigenvalue weighted by molar-refractivity contribution is 5.86. The molecule has 27 nitrogen and oxygen atoms in total. The number of morpholine rings is 1. The fraction of sp³-hybridized carbons (Fsp3) is 0.341. The minimum atomic E-state index is -0.585. The number of aliphatic hydroxyl groups is 1. The quantitative estimate of drug-likeness (QED) is 0.0528. The van der Waals surface area contributed by atoms with Crippen LogP contribution in [-0.4, -0.2) is 201 Å². The third-order valence-electron chi connectivity index (χ3n) is 21.6. The number of fused-ring (bicyclic) bond motifs is 3. The molecule has 17 rings (SSSR count). The Labute approximate surface area is 668 Å². The fourth-order valence-corrected chi connectivity index (χ4v) is 15.6. The minimum Gasteiger partial charge on any atom is -0.497 e. The molecule has 3 aliphatic heterocycles. The predicted molar refractivity (Wildman–Crippen MR) is 443 cm³/mol. The normalized spacial score (nSPS) is 16.6. The van der Waals surface area contributed by atoms with E-state index < -0.39 is 6.10 Å². The second-order valence-corrected chi connectivity index (χ2v) is 29.9. The van der Waals surface area contributed by atoms with Crippen LogP contribution in [0.2, 0.25) is 0 Å². The van der Waals surface area contributed by atoms with E-state index in [1.165, 1.54) is 5.56 Å². The average Bonchev–Trinajstić information content (AvgIpc) is 1.06. The highest BCUT2D eigenvalue weighted by atomic mass is 16.5. The first kappa shape index (κ1) is 78.0. The third kappa shape index (κ3) is 18.7. The number of nitrogens with zero attached hydrogens (tertiary/aromatic N) is 18. The Balaban J connectivity index is 0.000000136. The molecule has 0 amide bonds. The average molecular weight is 1550 g/mol. The van der Waals surface area contributed by atoms with Gasteiger partial charge in [0, 0.05) is 209 Å². The molecule has 1 aliphatic carbocycles. The van der Waals surface area contributed by atoms with E-state index in [1.54, 1.807) is 87.7 Å². The van der Waals surface area contributed by atoms with Crippen molar-refractivity contribution in [2.45, 2.75) is 44.4 Å². The summed E-state index contributed by atoms with van der Waals surface area (Å²) in [6, 6.07) is 48.9. The van der Waals surface area contributed by atoms with Gasteiger partial charge in [0.15, 0.2) is 0 Å². The standard InChI is InChI=1S/C32H34N6O3.C29H32N6O3.C27H30N6O3/c1-36-20-24(17-34-36)32-18-33-30-10-9-25(15-31(30)35-32)38(26-13-27(39-2)16-28(14-26)40-3)22-29-21-37(11-12-41-29)19-23-7-5-4-6-8-23;1-34-17-21(15-32-34)29-16-31-27-7-6-22(12-28(27)33-29)35(23-10-25(37-2)13-26(11-23)38-3)18-24(36)9-19-4-5-20(8-19)14-30;1-31-14-19(12-29-31)26-13-28-24-5-4-20(10-25(24)30-26)33(7-6-32-15-27(16-32)17-36-18-27)21-8-22(34-2)11-23(9-21)35-3/h4-10,13-18,20,29H,11-12,19,21-22H2,1-3H3;6-7,10-13,15-17,19-20,24,36H,4-5,8-9,18H2,1-3H3;4-5,8-14H,6-7,15-18H2,1-3H3/t;19?,20-,24+;/m.0./s1. The molecule has 0 radical (unpaired) electrons. The number of aromatic nitrogens is 12. The van der Waals surface area contributed by atoms with Crippen LogP contribution in [0.3, 0.4) is 0 Å². The lowest BCUT2D eigenvalue weighted by molar-refractivity contribution is -0.187. The Bertz CT molecular complexity index is 5480. The van der Waals surface area contributed by atoms with Crippen molar-refractivity contribution in [3.8, 4) is 74.3 Å². The molecule has 1 saturated carbocycles. The topological polar surface area (TPSA) is 265 Å². The summed E-state index contributed by atoms with van der Waals surface area (Å²) < 4.78 is 50.5. The maximum Gasteiger partial charge on any atom is 0.124 e. The first-order chi connectivity index (χ1) is 56.1. The van der Waals surface area contributed by atoms with Crippen LogP contribution in [0.1, 0.15) is 31.2 Å². The lowest BCUT2D eigenvalue weighted by atomic mass is 9.78. The van der Waals surface area contributed by atoms with Gasteiger partial charge in [-0.2, -0.15) is 20.6 Å². The molecule has 13 aromatic rings. The van der Waals surface area contributed by atoms with Crippen LogP contribution < -0.4 is 43.1 Å². The van der Waals surface area contributed by atoms with Gasteiger partial charge in [-0.15, -0.1) is 0 Å². The van der Waals surface area contributed by atoms with Crippen molar-refractivity contribution in [1.29, 1.82) is 5.26 Å². The number of likely N-dealkylation sites (tertiary alicyclic amines) is 1. The largest absolute Gasteiger partial charge is 0.497 e. The Morgan fingerprint density at radius 3 is 1.37 bits per heavy atom. The number of hydrogen-bond acceptors (Lipinski definition) is 24. The van der Waals surface area contributed by atoms with Gasteiger partial charge in [0.1, 0.15) is 34.5 Å². The Hall–Kier alpha value is -12.3. The lowest BCUT2D eigenvalue weighted by Gasteiger charge is -2.55. The van der Waals surface area contributed by atoms with Crippen molar-refractivity contribution in [2.24, 2.45) is 38.4 Å². The molecular weight excluding hydrogens is 1450 g/mol. The van der Waals surface area contributed by atoms with Gasteiger partial charge < -0.3 is 62.6 Å². The van der Waals surface area contributed by atoms with Gasteiger partial charge in [-0.3, -0.25) is 33.9 Å². The molecule has 4 fully saturated rings. The number of nitriles is 1. The SMILES string of the molecule is COc1cc(OC)cc(N(CC2CN(Cc3ccccc3)CCO2)c2ccc3ncc(-c4cnn(C)c4)nc3c2)c1.COc1cc(OC)cc(N(CCN2CC3(COC3)C2)c2ccc3ncc(-c4cnn(C)c4)nc3c2)c1.COc1cc(OC)cc(N(C[C@H](O)CC2CC[C@H](C#N)C2)c2ccc3ncc(-c4cnn(C)c4)nc3c2)c1. The zero-order valence-electron chi connectivity index (χ0n) is 66.4. The monoisotopic (exact) mass is 1550 g/mol. The molecule has 4 atom stereocenters. The van der Waals surface area contributed by atoms with Crippen molar-refractivity contribution >= 4 is 67.2 Å². The molecule has 0 bridgehead atoms. The molecule has 115 heavy (non-hydrogen) atoms. The maximum absolute atomic E-state index is 11.2. The molecule has 3 saturated heterocycles. The van der Waals surface area contributed by atoms with Crippen LogP contribution in [0, 0.1) is 28.6 Å². The van der Waals surface area contributed by atoms with Gasteiger partial charge in [0.25, 0.3) is 0 Å². The number of ether oxygens (including phenoxy) is 8. The van der Waals surface area contributed by atoms with E-state index in [-0.39, 0.29) is 12.0 Å². The number of aryl methyl sites for hydroxylation is 3. The summed E-state index contributed by atoms with van der Waals surface area (Å²) >= 11 is 0. The zero-order valence-corrected chi connectivity index (χ0v) is 66.4. The molecule has 2 unspecified atom stereocenters. The molecule has 4 aliphatic rings. The zero-order chi connectivity index (χ0) is 79.5. The van der Waals surface area contributed by atoms with E-state index in [0.717, 1.165) is 202 Å². The summed E-state index contributed by atoms with van der Waals surface area (Å²) in [5.41, 5.74) is 17.3. The Morgan fingerprint density at radius 2 is 0.957 bits per heavy atom. The van der Waals surface area contributed by atoms with Crippen molar-refractivity contribution < 1.29 is 43.0 Å². The molecule has 1 N–H and O–H groups in total. The number of aliphatic hydroxyl groups excluding tert-OH is 1. The van der Waals surface area contributed by atoms with Crippen LogP contribution in [0.25, 0.3) is 66.9 Å². The first-order valence-electron chi connectivity index (χ1n) is 38.6. The van der Waals surface area contributed by atoms with Crippen LogP contribution >= 0.6 is 0 Å². The van der Waals surface area contributed by atoms with Crippen molar-refractivity contribution in [3.63, 3.8) is 0 Å². The van der Waals surface area contributed by atoms with Crippen molar-refractivity contribution in [1.82, 2.24) is 69.0 Å². The van der Waals surface area contributed by atoms with Gasteiger partial charge in [-0.05, 0) is 91.8 Å². The van der Waals surface area contributed by atoms with Crippen LogP contribution in [0.4, 0.5) is 34.1 Å². The van der Waals surface area contributed by atoms with Gasteiger partial charge >= 0.3 is 0 Å². The second-order valence-electron chi connectivity index (χ2n) is 29.9. The van der Waals surface area contributed by atoms with Crippen LogP contribution in [0.15, 0.2) is 195 Å². The lowest BCUT2D eigenvalue weighted by Crippen LogP contribution is -2.66. The van der Waals surface area contributed by atoms with Crippen molar-refractivity contribution in [3.05, 3.63) is 201 Å². The molecule has 9 heterocycles. The second kappa shape index (κ2) is 35.4. The molecule has 592 valence electrons. The Kier molecular flexibility index (Phi) is 24.0. The van der Waals surface area contributed by atoms with E-state index in [0.29, 0.717) is 48.9 Å². The van der Waals surface area contributed by atoms with Gasteiger partial charge in [-0.25, -0.2) is 15.0 Å². The van der Waals surface area contributed by atoms with E-state index in [4.69, 9.17) is 52.8 Å². The predicted octanol–water partition coefficient (Wildman–Crippen LogP) is 13.5. The summed E-state index contributed by atoms with van der Waals surface area (Å²) in [6.45, 7) is 10.1. The molecule has 6 aromatic heterocycles. The van der Waals surface area contributed by atoms with Crippen LogP contribution in [0.5, 0.6) is 34.5 Å². The van der Waals surface area contributed by atoms with Crippen LogP contribution in [-0.2, 0) is 37.2 Å². The van der Waals surface area contributed by atoms with E-state index in [1.807, 2.05) is 131 Å². The molecule has 7 aromatic carbocycles. The molecule has 1 spiro atoms.